The Kier molecular flexibility index (Phi) is 3.45. The van der Waals surface area contributed by atoms with Crippen LogP contribution in [-0.2, 0) is 0 Å². The predicted octanol–water partition coefficient (Wildman–Crippen LogP) is 5.26. The Morgan fingerprint density at radius 1 is 1.10 bits per heavy atom. The van der Waals surface area contributed by atoms with Crippen molar-refractivity contribution in [2.24, 2.45) is 0 Å². The van der Waals surface area contributed by atoms with Crippen LogP contribution in [-0.4, -0.2) is 9.38 Å². The molecule has 3 aromatic rings. The summed E-state index contributed by atoms with van der Waals surface area (Å²) in [6.45, 7) is 4.02. The minimum absolute atomic E-state index is 0.127. The van der Waals surface area contributed by atoms with Crippen molar-refractivity contribution in [2.45, 2.75) is 19.2 Å². The number of imidazole rings is 1. The van der Waals surface area contributed by atoms with Crippen molar-refractivity contribution in [3.8, 4) is 11.3 Å². The zero-order valence-electron chi connectivity index (χ0n) is 11.3. The number of pyridine rings is 1. The van der Waals surface area contributed by atoms with Gasteiger partial charge in [-0.05, 0) is 37.6 Å². The first-order valence-corrected chi connectivity index (χ1v) is 7.26. The van der Waals surface area contributed by atoms with Crippen molar-refractivity contribution in [1.82, 2.24) is 9.38 Å². The van der Waals surface area contributed by atoms with Crippen molar-refractivity contribution in [3.63, 3.8) is 0 Å². The molecule has 4 heteroatoms. The molecule has 1 atom stereocenters. The highest BCUT2D eigenvalue weighted by Gasteiger charge is 2.17. The summed E-state index contributed by atoms with van der Waals surface area (Å²) in [4.78, 5) is 4.71. The third kappa shape index (κ3) is 2.30. The molecule has 2 aromatic heterocycles. The van der Waals surface area contributed by atoms with E-state index in [0.717, 1.165) is 22.6 Å². The summed E-state index contributed by atoms with van der Waals surface area (Å²) in [5.74, 6) is 0. The van der Waals surface area contributed by atoms with Gasteiger partial charge in [-0.1, -0.05) is 29.8 Å². The van der Waals surface area contributed by atoms with Crippen molar-refractivity contribution in [3.05, 3.63) is 58.9 Å². The van der Waals surface area contributed by atoms with Gasteiger partial charge in [0.1, 0.15) is 5.65 Å². The third-order valence-corrected chi connectivity index (χ3v) is 3.76. The van der Waals surface area contributed by atoms with Crippen LogP contribution in [0.5, 0.6) is 0 Å². The van der Waals surface area contributed by atoms with Gasteiger partial charge >= 0.3 is 0 Å². The highest BCUT2D eigenvalue weighted by atomic mass is 35.5. The van der Waals surface area contributed by atoms with Crippen molar-refractivity contribution < 1.29 is 0 Å². The summed E-state index contributed by atoms with van der Waals surface area (Å²) < 4.78 is 2.07. The molecule has 2 nitrogen and oxygen atoms in total. The number of halogens is 2. The van der Waals surface area contributed by atoms with Crippen LogP contribution in [0.4, 0.5) is 0 Å². The molecule has 0 amide bonds. The number of rotatable bonds is 2. The summed E-state index contributed by atoms with van der Waals surface area (Å²) in [6.07, 6.45) is 2.07. The molecular formula is C16H14Cl2N2. The van der Waals surface area contributed by atoms with Crippen LogP contribution in [0.15, 0.2) is 42.6 Å². The molecule has 102 valence electrons. The smallest absolute Gasteiger partial charge is 0.137 e. The van der Waals surface area contributed by atoms with Gasteiger partial charge in [-0.3, -0.25) is 0 Å². The van der Waals surface area contributed by atoms with Crippen molar-refractivity contribution >= 4 is 28.8 Å². The fraction of sp³-hybridized carbons (Fsp3) is 0.188. The minimum atomic E-state index is -0.127. The molecule has 0 fully saturated rings. The van der Waals surface area contributed by atoms with Crippen molar-refractivity contribution in [2.75, 3.05) is 0 Å². The van der Waals surface area contributed by atoms with Crippen molar-refractivity contribution in [1.29, 1.82) is 0 Å². The fourth-order valence-electron chi connectivity index (χ4n) is 2.37. The number of benzene rings is 1. The number of alkyl halides is 1. The lowest BCUT2D eigenvalue weighted by atomic mass is 10.1. The van der Waals surface area contributed by atoms with Gasteiger partial charge in [0.05, 0.1) is 16.8 Å². The second kappa shape index (κ2) is 5.12. The summed E-state index contributed by atoms with van der Waals surface area (Å²) in [5, 5.41) is 0.589. The number of fused-ring (bicyclic) bond motifs is 1. The molecule has 0 bridgehead atoms. The van der Waals surface area contributed by atoms with Crippen LogP contribution < -0.4 is 0 Å². The van der Waals surface area contributed by atoms with E-state index in [1.807, 2.05) is 37.3 Å². The summed E-state index contributed by atoms with van der Waals surface area (Å²) in [7, 11) is 0. The van der Waals surface area contributed by atoms with Crippen LogP contribution in [0.2, 0.25) is 5.02 Å². The lowest BCUT2D eigenvalue weighted by Crippen LogP contribution is -1.95. The fourth-order valence-corrected chi connectivity index (χ4v) is 2.70. The topological polar surface area (TPSA) is 17.3 Å². The van der Waals surface area contributed by atoms with Gasteiger partial charge in [0, 0.05) is 16.8 Å². The van der Waals surface area contributed by atoms with E-state index in [0.29, 0.717) is 5.02 Å². The van der Waals surface area contributed by atoms with E-state index >= 15 is 0 Å². The van der Waals surface area contributed by atoms with Gasteiger partial charge < -0.3 is 4.40 Å². The Morgan fingerprint density at radius 3 is 2.45 bits per heavy atom. The average Bonchev–Trinajstić information content (AvgIpc) is 2.78. The maximum Gasteiger partial charge on any atom is 0.137 e. The molecule has 0 saturated heterocycles. The quantitative estimate of drug-likeness (QED) is 0.590. The van der Waals surface area contributed by atoms with Crippen LogP contribution in [0, 0.1) is 6.92 Å². The Labute approximate surface area is 128 Å². The van der Waals surface area contributed by atoms with E-state index in [4.69, 9.17) is 28.2 Å². The molecule has 0 aliphatic carbocycles. The van der Waals surface area contributed by atoms with Crippen LogP contribution >= 0.6 is 23.2 Å². The van der Waals surface area contributed by atoms with Gasteiger partial charge in [0.15, 0.2) is 0 Å². The van der Waals surface area contributed by atoms with E-state index in [-0.39, 0.29) is 5.38 Å². The maximum atomic E-state index is 6.38. The van der Waals surface area contributed by atoms with Crippen LogP contribution in [0.25, 0.3) is 16.9 Å². The largest absolute Gasteiger partial charge is 0.302 e. The summed E-state index contributed by atoms with van der Waals surface area (Å²) in [6, 6.07) is 11.7. The second-order valence-corrected chi connectivity index (χ2v) is 5.99. The molecular weight excluding hydrogens is 291 g/mol. The predicted molar refractivity (Wildman–Crippen MR) is 84.6 cm³/mol. The number of nitrogens with zero attached hydrogens (tertiary/aromatic N) is 2. The van der Waals surface area contributed by atoms with E-state index in [1.54, 1.807) is 0 Å². The molecule has 0 saturated carbocycles. The van der Waals surface area contributed by atoms with Gasteiger partial charge in [0.25, 0.3) is 0 Å². The molecule has 0 aliphatic heterocycles. The first-order valence-electron chi connectivity index (χ1n) is 6.45. The zero-order chi connectivity index (χ0) is 14.3. The molecule has 0 spiro atoms. The van der Waals surface area contributed by atoms with Gasteiger partial charge in [-0.15, -0.1) is 11.6 Å². The second-order valence-electron chi connectivity index (χ2n) is 4.90. The van der Waals surface area contributed by atoms with E-state index in [2.05, 4.69) is 23.6 Å². The Hall–Kier alpha value is -1.51. The minimum Gasteiger partial charge on any atom is -0.302 e. The number of hydrogen-bond acceptors (Lipinski definition) is 1. The Morgan fingerprint density at radius 2 is 1.80 bits per heavy atom. The van der Waals surface area contributed by atoms with Gasteiger partial charge in [0.2, 0.25) is 0 Å². The molecule has 1 unspecified atom stereocenters. The first kappa shape index (κ1) is 13.5. The number of aryl methyl sites for hydroxylation is 1. The SMILES string of the molecule is Cc1ccc2nc(-c3ccc(Cl)cc3)c(C(C)Cl)n2c1. The number of aromatic nitrogens is 2. The normalized spacial score (nSPS) is 12.8. The molecule has 0 radical (unpaired) electrons. The number of hydrogen-bond donors (Lipinski definition) is 0. The zero-order valence-corrected chi connectivity index (χ0v) is 12.8. The lowest BCUT2D eigenvalue weighted by molar-refractivity contribution is 0.960. The summed E-state index contributed by atoms with van der Waals surface area (Å²) >= 11 is 12.3. The van der Waals surface area contributed by atoms with Crippen LogP contribution in [0.3, 0.4) is 0 Å². The summed E-state index contributed by atoms with van der Waals surface area (Å²) in [5.41, 5.74) is 5.03. The molecule has 0 N–H and O–H groups in total. The van der Waals surface area contributed by atoms with Gasteiger partial charge in [-0.25, -0.2) is 4.98 Å². The Balaban J connectivity index is 2.29. The maximum absolute atomic E-state index is 6.38. The van der Waals surface area contributed by atoms with Crippen LogP contribution in [0.1, 0.15) is 23.6 Å². The molecule has 1 aromatic carbocycles. The molecule has 20 heavy (non-hydrogen) atoms. The molecule has 3 rings (SSSR count). The van der Waals surface area contributed by atoms with E-state index in [9.17, 15) is 0 Å². The average molecular weight is 305 g/mol. The first-order chi connectivity index (χ1) is 9.56. The highest BCUT2D eigenvalue weighted by Crippen LogP contribution is 2.32. The lowest BCUT2D eigenvalue weighted by Gasteiger charge is -2.07. The molecule has 0 aliphatic rings. The van der Waals surface area contributed by atoms with E-state index < -0.39 is 0 Å². The third-order valence-electron chi connectivity index (χ3n) is 3.30. The standard InChI is InChI=1S/C16H14Cl2N2/c1-10-3-8-14-19-15(12-4-6-13(18)7-5-12)16(11(2)17)20(14)9-10/h3-9,11H,1-2H3. The monoisotopic (exact) mass is 304 g/mol. The van der Waals surface area contributed by atoms with Gasteiger partial charge in [-0.2, -0.15) is 0 Å². The molecule has 2 heterocycles. The van der Waals surface area contributed by atoms with E-state index in [1.165, 1.54) is 5.56 Å². The Bertz CT molecular complexity index is 758. The highest BCUT2D eigenvalue weighted by molar-refractivity contribution is 6.30.